The predicted octanol–water partition coefficient (Wildman–Crippen LogP) is 1.34. The Hall–Kier alpha value is -1.35. The van der Waals surface area contributed by atoms with E-state index in [1.54, 1.807) is 0 Å². The summed E-state index contributed by atoms with van der Waals surface area (Å²) in [6.07, 6.45) is 1.51. The largest absolute Gasteiger partial charge is 0.399 e. The molecule has 14 heavy (non-hydrogen) atoms. The van der Waals surface area contributed by atoms with Gasteiger partial charge in [0.05, 0.1) is 0 Å². The van der Waals surface area contributed by atoms with Gasteiger partial charge in [-0.3, -0.25) is 0 Å². The zero-order valence-corrected chi connectivity index (χ0v) is 7.85. The minimum Gasteiger partial charge on any atom is -0.399 e. The molecule has 0 radical (unpaired) electrons. The van der Waals surface area contributed by atoms with Crippen molar-refractivity contribution in [3.8, 4) is 0 Å². The smallest absolute Gasteiger partial charge is 0.149 e. The average Bonchev–Trinajstić information content (AvgIpc) is 2.67. The lowest BCUT2D eigenvalue weighted by Crippen LogP contribution is -2.15. The van der Waals surface area contributed by atoms with Gasteiger partial charge in [0.2, 0.25) is 0 Å². The highest BCUT2D eigenvalue weighted by Crippen LogP contribution is 2.30. The van der Waals surface area contributed by atoms with Crippen molar-refractivity contribution in [2.45, 2.75) is 18.4 Å². The first-order chi connectivity index (χ1) is 6.81. The third-order valence-electron chi connectivity index (χ3n) is 2.63. The van der Waals surface area contributed by atoms with E-state index in [-0.39, 0.29) is 12.0 Å². The van der Waals surface area contributed by atoms with E-state index >= 15 is 0 Å². The van der Waals surface area contributed by atoms with Gasteiger partial charge in [0.25, 0.3) is 0 Å². The molecule has 1 aliphatic rings. The molecule has 0 amide bonds. The number of nitrogen functional groups attached to an aromatic ring is 1. The summed E-state index contributed by atoms with van der Waals surface area (Å²) in [4.78, 5) is 10.7. The molecule has 3 nitrogen and oxygen atoms in total. The lowest BCUT2D eigenvalue weighted by molar-refractivity contribution is -0.116. The summed E-state index contributed by atoms with van der Waals surface area (Å²) in [6.45, 7) is 0.665. The fraction of sp³-hybridized carbons (Fsp3) is 0.364. The highest BCUT2D eigenvalue weighted by Gasteiger charge is 2.28. The molecule has 2 atom stereocenters. The molecular formula is C11H13NO2. The molecule has 0 aromatic heterocycles. The number of carbonyl (C=O) groups is 1. The molecule has 0 bridgehead atoms. The highest BCUT2D eigenvalue weighted by atomic mass is 16.5. The second-order valence-electron chi connectivity index (χ2n) is 3.53. The number of hydrogen-bond acceptors (Lipinski definition) is 3. The first-order valence-electron chi connectivity index (χ1n) is 4.73. The molecule has 1 aromatic carbocycles. The Balaban J connectivity index is 2.21. The molecule has 1 aromatic rings. The maximum absolute atomic E-state index is 10.7. The van der Waals surface area contributed by atoms with E-state index in [4.69, 9.17) is 10.5 Å². The van der Waals surface area contributed by atoms with Crippen molar-refractivity contribution in [1.82, 2.24) is 0 Å². The minimum absolute atomic E-state index is 0.202. The Morgan fingerprint density at radius 2 is 2.07 bits per heavy atom. The van der Waals surface area contributed by atoms with E-state index in [1.165, 1.54) is 0 Å². The van der Waals surface area contributed by atoms with Crippen molar-refractivity contribution >= 4 is 12.0 Å². The van der Waals surface area contributed by atoms with E-state index in [1.807, 2.05) is 24.3 Å². The minimum atomic E-state index is -0.279. The monoisotopic (exact) mass is 191 g/mol. The number of rotatable bonds is 2. The SMILES string of the molecule is Nc1ccc(C2CCOC2C=O)cc1. The molecule has 0 spiro atoms. The van der Waals surface area contributed by atoms with Crippen LogP contribution in [0.2, 0.25) is 0 Å². The summed E-state index contributed by atoms with van der Waals surface area (Å²) in [7, 11) is 0. The third-order valence-corrected chi connectivity index (χ3v) is 2.63. The van der Waals surface area contributed by atoms with Crippen molar-refractivity contribution in [3.05, 3.63) is 29.8 Å². The molecule has 3 heteroatoms. The lowest BCUT2D eigenvalue weighted by atomic mass is 9.93. The average molecular weight is 191 g/mol. The third kappa shape index (κ3) is 1.63. The molecular weight excluding hydrogens is 178 g/mol. The molecule has 2 unspecified atom stereocenters. The molecule has 0 saturated carbocycles. The van der Waals surface area contributed by atoms with Crippen LogP contribution in [-0.2, 0) is 9.53 Å². The van der Waals surface area contributed by atoms with E-state index < -0.39 is 0 Å². The maximum atomic E-state index is 10.7. The summed E-state index contributed by atoms with van der Waals surface area (Å²) >= 11 is 0. The van der Waals surface area contributed by atoms with Gasteiger partial charge in [-0.15, -0.1) is 0 Å². The van der Waals surface area contributed by atoms with Gasteiger partial charge in [-0.2, -0.15) is 0 Å². The summed E-state index contributed by atoms with van der Waals surface area (Å²) in [5.74, 6) is 0.202. The Bertz CT molecular complexity index is 321. The van der Waals surface area contributed by atoms with Gasteiger partial charge in [-0.1, -0.05) is 12.1 Å². The molecule has 2 rings (SSSR count). The van der Waals surface area contributed by atoms with Gasteiger partial charge in [0.15, 0.2) is 0 Å². The van der Waals surface area contributed by atoms with Crippen molar-refractivity contribution in [2.24, 2.45) is 0 Å². The van der Waals surface area contributed by atoms with Gasteiger partial charge >= 0.3 is 0 Å². The van der Waals surface area contributed by atoms with Crippen LogP contribution in [0.5, 0.6) is 0 Å². The lowest BCUT2D eigenvalue weighted by Gasteiger charge is -2.13. The Morgan fingerprint density at radius 1 is 1.36 bits per heavy atom. The number of anilines is 1. The number of aldehydes is 1. The standard InChI is InChI=1S/C11H13NO2/c12-9-3-1-8(2-4-9)10-5-6-14-11(10)7-13/h1-4,7,10-11H,5-6,12H2. The molecule has 1 aliphatic heterocycles. The summed E-state index contributed by atoms with van der Waals surface area (Å²) < 4.78 is 5.30. The number of nitrogens with two attached hydrogens (primary N) is 1. The summed E-state index contributed by atoms with van der Waals surface area (Å²) in [6, 6.07) is 7.64. The van der Waals surface area contributed by atoms with E-state index in [0.717, 1.165) is 24.0 Å². The fourth-order valence-corrected chi connectivity index (χ4v) is 1.85. The van der Waals surface area contributed by atoms with Crippen molar-refractivity contribution < 1.29 is 9.53 Å². The summed E-state index contributed by atoms with van der Waals surface area (Å²) in [5, 5.41) is 0. The Morgan fingerprint density at radius 3 is 2.71 bits per heavy atom. The molecule has 1 saturated heterocycles. The van der Waals surface area contributed by atoms with Crippen molar-refractivity contribution in [2.75, 3.05) is 12.3 Å². The number of benzene rings is 1. The maximum Gasteiger partial charge on any atom is 0.149 e. The van der Waals surface area contributed by atoms with Crippen LogP contribution in [-0.4, -0.2) is 19.0 Å². The van der Waals surface area contributed by atoms with Crippen molar-refractivity contribution in [1.29, 1.82) is 0 Å². The molecule has 0 aliphatic carbocycles. The predicted molar refractivity (Wildman–Crippen MR) is 54.0 cm³/mol. The number of hydrogen-bond donors (Lipinski definition) is 1. The summed E-state index contributed by atoms with van der Waals surface area (Å²) in [5.41, 5.74) is 7.47. The van der Waals surface area contributed by atoms with Crippen LogP contribution in [0.1, 0.15) is 17.9 Å². The Labute approximate surface area is 82.9 Å². The number of carbonyl (C=O) groups excluding carboxylic acids is 1. The van der Waals surface area contributed by atoms with Crippen LogP contribution in [0, 0.1) is 0 Å². The van der Waals surface area contributed by atoms with Crippen LogP contribution < -0.4 is 5.73 Å². The van der Waals surface area contributed by atoms with E-state index in [0.29, 0.717) is 6.61 Å². The second kappa shape index (κ2) is 3.80. The highest BCUT2D eigenvalue weighted by molar-refractivity contribution is 5.59. The normalized spacial score (nSPS) is 26.3. The zero-order chi connectivity index (χ0) is 9.97. The second-order valence-corrected chi connectivity index (χ2v) is 3.53. The van der Waals surface area contributed by atoms with Crippen molar-refractivity contribution in [3.63, 3.8) is 0 Å². The topological polar surface area (TPSA) is 52.3 Å². The first kappa shape index (κ1) is 9.21. The van der Waals surface area contributed by atoms with Gasteiger partial charge < -0.3 is 15.3 Å². The van der Waals surface area contributed by atoms with Crippen LogP contribution >= 0.6 is 0 Å². The molecule has 2 N–H and O–H groups in total. The molecule has 1 heterocycles. The Kier molecular flexibility index (Phi) is 2.50. The molecule has 74 valence electrons. The zero-order valence-electron chi connectivity index (χ0n) is 7.85. The van der Waals surface area contributed by atoms with Gasteiger partial charge in [-0.05, 0) is 24.1 Å². The molecule has 1 fully saturated rings. The quantitative estimate of drug-likeness (QED) is 0.567. The fourth-order valence-electron chi connectivity index (χ4n) is 1.85. The number of ether oxygens (including phenoxy) is 1. The first-order valence-corrected chi connectivity index (χ1v) is 4.73. The van der Waals surface area contributed by atoms with Gasteiger partial charge in [-0.25, -0.2) is 0 Å². The van der Waals surface area contributed by atoms with Crippen LogP contribution in [0.3, 0.4) is 0 Å². The van der Waals surface area contributed by atoms with Crippen LogP contribution in [0.25, 0.3) is 0 Å². The van der Waals surface area contributed by atoms with Crippen LogP contribution in [0.4, 0.5) is 5.69 Å². The van der Waals surface area contributed by atoms with Gasteiger partial charge in [0.1, 0.15) is 12.4 Å². The van der Waals surface area contributed by atoms with Crippen LogP contribution in [0.15, 0.2) is 24.3 Å². The van der Waals surface area contributed by atoms with E-state index in [2.05, 4.69) is 0 Å². The van der Waals surface area contributed by atoms with E-state index in [9.17, 15) is 4.79 Å². The van der Waals surface area contributed by atoms with Gasteiger partial charge in [0, 0.05) is 18.2 Å².